The number of esters is 1. The van der Waals surface area contributed by atoms with Crippen LogP contribution in [0.5, 0.6) is 0 Å². The molecule has 0 N–H and O–H groups in total. The van der Waals surface area contributed by atoms with Gasteiger partial charge in [-0.1, -0.05) is 24.3 Å². The van der Waals surface area contributed by atoms with Gasteiger partial charge in [-0.25, -0.2) is 4.79 Å². The van der Waals surface area contributed by atoms with Crippen molar-refractivity contribution >= 4 is 11.7 Å². The molecule has 0 aliphatic rings. The molecule has 0 heterocycles. The molecular formula is C18H20N2O4. The van der Waals surface area contributed by atoms with E-state index in [0.29, 0.717) is 12.1 Å². The number of benzene rings is 2. The summed E-state index contributed by atoms with van der Waals surface area (Å²) in [7, 11) is 3.31. The minimum Gasteiger partial charge on any atom is -0.465 e. The van der Waals surface area contributed by atoms with Crippen molar-refractivity contribution in [3.63, 3.8) is 0 Å². The Bertz CT molecular complexity index is 728. The summed E-state index contributed by atoms with van der Waals surface area (Å²) in [5.41, 5.74) is 2.53. The van der Waals surface area contributed by atoms with Gasteiger partial charge in [-0.3, -0.25) is 15.0 Å². The first-order valence-corrected chi connectivity index (χ1v) is 7.54. The van der Waals surface area contributed by atoms with Crippen LogP contribution in [-0.2, 0) is 11.3 Å². The first-order chi connectivity index (χ1) is 11.4. The van der Waals surface area contributed by atoms with Crippen LogP contribution in [0.4, 0.5) is 5.69 Å². The highest BCUT2D eigenvalue weighted by Crippen LogP contribution is 2.24. The second-order valence-corrected chi connectivity index (χ2v) is 5.63. The number of ether oxygens (including phenoxy) is 1. The van der Waals surface area contributed by atoms with Gasteiger partial charge in [0.15, 0.2) is 0 Å². The number of non-ortho nitro benzene ring substituents is 1. The van der Waals surface area contributed by atoms with E-state index in [4.69, 9.17) is 0 Å². The highest BCUT2D eigenvalue weighted by molar-refractivity contribution is 5.89. The van der Waals surface area contributed by atoms with Crippen LogP contribution in [0, 0.1) is 10.1 Å². The van der Waals surface area contributed by atoms with E-state index in [0.717, 1.165) is 11.1 Å². The van der Waals surface area contributed by atoms with Gasteiger partial charge in [-0.2, -0.15) is 0 Å². The van der Waals surface area contributed by atoms with Crippen LogP contribution in [-0.4, -0.2) is 29.9 Å². The Labute approximate surface area is 140 Å². The third-order valence-corrected chi connectivity index (χ3v) is 4.03. The van der Waals surface area contributed by atoms with Crippen molar-refractivity contribution in [3.05, 3.63) is 75.3 Å². The lowest BCUT2D eigenvalue weighted by Crippen LogP contribution is -2.22. The summed E-state index contributed by atoms with van der Waals surface area (Å²) < 4.78 is 4.68. The van der Waals surface area contributed by atoms with Gasteiger partial charge in [0.05, 0.1) is 17.6 Å². The average Bonchev–Trinajstić information content (AvgIpc) is 2.61. The van der Waals surface area contributed by atoms with Gasteiger partial charge in [0, 0.05) is 24.7 Å². The molecule has 6 heteroatoms. The van der Waals surface area contributed by atoms with Crippen LogP contribution >= 0.6 is 0 Å². The van der Waals surface area contributed by atoms with Crippen molar-refractivity contribution in [2.24, 2.45) is 0 Å². The molecule has 0 aliphatic carbocycles. The Morgan fingerprint density at radius 1 is 1.25 bits per heavy atom. The standard InChI is InChI=1S/C18H20N2O4/c1-13(16-5-4-6-17(11-16)20(22)23)19(2)12-14-7-9-15(10-8-14)18(21)24-3/h4-11,13H,12H2,1-3H3. The lowest BCUT2D eigenvalue weighted by molar-refractivity contribution is -0.384. The predicted octanol–water partition coefficient (Wildman–Crippen LogP) is 3.57. The van der Waals surface area contributed by atoms with Crippen molar-refractivity contribution in [1.29, 1.82) is 0 Å². The zero-order chi connectivity index (χ0) is 17.7. The van der Waals surface area contributed by atoms with E-state index in [1.165, 1.54) is 13.2 Å². The number of nitrogens with zero attached hydrogens (tertiary/aromatic N) is 2. The highest BCUT2D eigenvalue weighted by Gasteiger charge is 2.15. The summed E-state index contributed by atoms with van der Waals surface area (Å²) in [5.74, 6) is -0.361. The van der Waals surface area contributed by atoms with E-state index in [9.17, 15) is 14.9 Å². The van der Waals surface area contributed by atoms with Crippen LogP contribution in [0.2, 0.25) is 0 Å². The Kier molecular flexibility index (Phi) is 5.65. The summed E-state index contributed by atoms with van der Waals surface area (Å²) >= 11 is 0. The smallest absolute Gasteiger partial charge is 0.337 e. The monoisotopic (exact) mass is 328 g/mol. The zero-order valence-electron chi connectivity index (χ0n) is 13.9. The van der Waals surface area contributed by atoms with Gasteiger partial charge in [0.25, 0.3) is 5.69 Å². The topological polar surface area (TPSA) is 72.7 Å². The second-order valence-electron chi connectivity index (χ2n) is 5.63. The maximum absolute atomic E-state index is 11.4. The molecule has 0 aliphatic heterocycles. The Hall–Kier alpha value is -2.73. The molecule has 1 atom stereocenters. The molecule has 2 rings (SSSR count). The number of hydrogen-bond acceptors (Lipinski definition) is 5. The van der Waals surface area contributed by atoms with Gasteiger partial charge < -0.3 is 4.74 Å². The summed E-state index contributed by atoms with van der Waals surface area (Å²) in [5, 5.41) is 10.9. The van der Waals surface area contributed by atoms with E-state index in [1.807, 2.05) is 32.2 Å². The molecule has 0 bridgehead atoms. The molecule has 6 nitrogen and oxygen atoms in total. The molecule has 0 saturated heterocycles. The van der Waals surface area contributed by atoms with Gasteiger partial charge in [-0.15, -0.1) is 0 Å². The van der Waals surface area contributed by atoms with Crippen LogP contribution in [0.3, 0.4) is 0 Å². The largest absolute Gasteiger partial charge is 0.465 e. The molecule has 0 saturated carbocycles. The molecule has 2 aromatic carbocycles. The van der Waals surface area contributed by atoms with Crippen molar-refractivity contribution in [3.8, 4) is 0 Å². The molecule has 0 aromatic heterocycles. The number of carbonyl (C=O) groups is 1. The first kappa shape index (κ1) is 17.6. The summed E-state index contributed by atoms with van der Waals surface area (Å²) in [6, 6.07) is 13.9. The van der Waals surface area contributed by atoms with E-state index >= 15 is 0 Å². The quantitative estimate of drug-likeness (QED) is 0.460. The Balaban J connectivity index is 2.08. The minimum absolute atomic E-state index is 0.0187. The lowest BCUT2D eigenvalue weighted by atomic mass is 10.1. The maximum atomic E-state index is 11.4. The van der Waals surface area contributed by atoms with Crippen LogP contribution < -0.4 is 0 Å². The molecule has 2 aromatic rings. The average molecular weight is 328 g/mol. The van der Waals surface area contributed by atoms with Crippen molar-refractivity contribution in [1.82, 2.24) is 4.90 Å². The zero-order valence-corrected chi connectivity index (χ0v) is 13.9. The summed E-state index contributed by atoms with van der Waals surface area (Å²) in [4.78, 5) is 24.0. The van der Waals surface area contributed by atoms with Gasteiger partial charge in [0.1, 0.15) is 0 Å². The van der Waals surface area contributed by atoms with Gasteiger partial charge in [0.2, 0.25) is 0 Å². The molecule has 0 amide bonds. The number of hydrogen-bond donors (Lipinski definition) is 0. The number of nitro groups is 1. The SMILES string of the molecule is COC(=O)c1ccc(CN(C)C(C)c2cccc([N+](=O)[O-])c2)cc1. The molecule has 0 fully saturated rings. The van der Waals surface area contributed by atoms with E-state index in [2.05, 4.69) is 9.64 Å². The number of nitro benzene ring substituents is 1. The Morgan fingerprint density at radius 3 is 2.50 bits per heavy atom. The predicted molar refractivity (Wildman–Crippen MR) is 90.8 cm³/mol. The maximum Gasteiger partial charge on any atom is 0.337 e. The molecular weight excluding hydrogens is 308 g/mol. The lowest BCUT2D eigenvalue weighted by Gasteiger charge is -2.25. The van der Waals surface area contributed by atoms with Gasteiger partial charge in [-0.05, 0) is 37.2 Å². The highest BCUT2D eigenvalue weighted by atomic mass is 16.6. The molecule has 24 heavy (non-hydrogen) atoms. The van der Waals surface area contributed by atoms with Crippen LogP contribution in [0.1, 0.15) is 34.5 Å². The Morgan fingerprint density at radius 2 is 1.92 bits per heavy atom. The third-order valence-electron chi connectivity index (χ3n) is 4.03. The third kappa shape index (κ3) is 4.17. The van der Waals surface area contributed by atoms with Crippen LogP contribution in [0.25, 0.3) is 0 Å². The molecule has 1 unspecified atom stereocenters. The molecule has 0 radical (unpaired) electrons. The van der Waals surface area contributed by atoms with E-state index in [1.54, 1.807) is 24.3 Å². The number of carbonyl (C=O) groups excluding carboxylic acids is 1. The minimum atomic E-state index is -0.387. The van der Waals surface area contributed by atoms with Crippen molar-refractivity contribution in [2.75, 3.05) is 14.2 Å². The summed E-state index contributed by atoms with van der Waals surface area (Å²) in [6.45, 7) is 2.66. The van der Waals surface area contributed by atoms with Gasteiger partial charge >= 0.3 is 5.97 Å². The molecule has 0 spiro atoms. The van der Waals surface area contributed by atoms with Crippen molar-refractivity contribution < 1.29 is 14.5 Å². The fourth-order valence-electron chi connectivity index (χ4n) is 2.44. The summed E-state index contributed by atoms with van der Waals surface area (Å²) in [6.07, 6.45) is 0. The number of rotatable bonds is 6. The van der Waals surface area contributed by atoms with Crippen molar-refractivity contribution in [2.45, 2.75) is 19.5 Å². The fourth-order valence-corrected chi connectivity index (χ4v) is 2.44. The number of methoxy groups -OCH3 is 1. The van der Waals surface area contributed by atoms with Crippen LogP contribution in [0.15, 0.2) is 48.5 Å². The van der Waals surface area contributed by atoms with E-state index in [-0.39, 0.29) is 22.6 Å². The fraction of sp³-hybridized carbons (Fsp3) is 0.278. The normalized spacial score (nSPS) is 12.0. The second kappa shape index (κ2) is 7.70. The molecule has 126 valence electrons. The first-order valence-electron chi connectivity index (χ1n) is 7.54. The van der Waals surface area contributed by atoms with E-state index < -0.39 is 0 Å².